The summed E-state index contributed by atoms with van der Waals surface area (Å²) in [5.74, 6) is -1.01. The van der Waals surface area contributed by atoms with Crippen molar-refractivity contribution in [2.45, 2.75) is 19.8 Å². The summed E-state index contributed by atoms with van der Waals surface area (Å²) in [5, 5.41) is 2.75. The summed E-state index contributed by atoms with van der Waals surface area (Å²) in [7, 11) is 0. The number of carbonyl (C=O) groups excluding carboxylic acids is 4. The van der Waals surface area contributed by atoms with Crippen LogP contribution < -0.4 is 10.1 Å². The molecule has 178 valence electrons. The average Bonchev–Trinajstić information content (AvgIpc) is 3.07. The lowest BCUT2D eigenvalue weighted by atomic mass is 10.2. The number of unbranched alkanes of at least 4 members (excludes halogenated alkanes) is 1. The van der Waals surface area contributed by atoms with E-state index < -0.39 is 23.7 Å². The third kappa shape index (κ3) is 7.36. The van der Waals surface area contributed by atoms with Crippen LogP contribution in [0.4, 0.5) is 10.5 Å². The summed E-state index contributed by atoms with van der Waals surface area (Å²) in [4.78, 5) is 49.6. The van der Waals surface area contributed by atoms with Gasteiger partial charge in [-0.2, -0.15) is 0 Å². The van der Waals surface area contributed by atoms with E-state index in [-0.39, 0.29) is 24.0 Å². The molecule has 3 amide bonds. The van der Waals surface area contributed by atoms with E-state index in [1.807, 2.05) is 6.92 Å². The lowest BCUT2D eigenvalue weighted by Crippen LogP contribution is -2.34. The molecular weight excluding hydrogens is 480 g/mol. The van der Waals surface area contributed by atoms with E-state index in [4.69, 9.17) is 21.1 Å². The zero-order chi connectivity index (χ0) is 24.5. The largest absolute Gasteiger partial charge is 0.484 e. The van der Waals surface area contributed by atoms with Crippen molar-refractivity contribution >= 4 is 58.1 Å². The van der Waals surface area contributed by atoms with Crippen molar-refractivity contribution in [1.82, 2.24) is 4.90 Å². The normalized spacial score (nSPS) is 14.4. The standard InChI is InChI=1S/C24H23ClN2O6S/c1-2-3-12-32-22(29)14-27-23(30)20(34-24(27)31)13-16-4-10-19(11-5-16)33-15-21(28)26-18-8-6-17(25)7-9-18/h4-11,13H,2-3,12,14-15H2,1H3,(H,26,28). The quantitative estimate of drug-likeness (QED) is 0.284. The van der Waals surface area contributed by atoms with Crippen LogP contribution in [0.1, 0.15) is 25.3 Å². The first kappa shape index (κ1) is 25.3. The van der Waals surface area contributed by atoms with Gasteiger partial charge in [0.05, 0.1) is 11.5 Å². The zero-order valence-corrected chi connectivity index (χ0v) is 20.0. The molecule has 0 aromatic heterocycles. The topological polar surface area (TPSA) is 102 Å². The number of imide groups is 1. The Balaban J connectivity index is 1.52. The van der Waals surface area contributed by atoms with Crippen LogP contribution in [-0.2, 0) is 19.1 Å². The Morgan fingerprint density at radius 2 is 1.79 bits per heavy atom. The highest BCUT2D eigenvalue weighted by Gasteiger charge is 2.36. The molecule has 0 aliphatic carbocycles. The second kappa shape index (κ2) is 12.2. The fraction of sp³-hybridized carbons (Fsp3) is 0.250. The lowest BCUT2D eigenvalue weighted by Gasteiger charge is -2.11. The fourth-order valence-corrected chi connectivity index (χ4v) is 3.80. The number of amides is 3. The molecule has 1 aliphatic rings. The highest BCUT2D eigenvalue weighted by atomic mass is 35.5. The van der Waals surface area contributed by atoms with Gasteiger partial charge >= 0.3 is 5.97 Å². The molecule has 1 aliphatic heterocycles. The van der Waals surface area contributed by atoms with Crippen LogP contribution in [-0.4, -0.2) is 47.7 Å². The summed E-state index contributed by atoms with van der Waals surface area (Å²) < 4.78 is 10.5. The minimum Gasteiger partial charge on any atom is -0.484 e. The second-order valence-corrected chi connectivity index (χ2v) is 8.68. The van der Waals surface area contributed by atoms with Crippen LogP contribution in [0.15, 0.2) is 53.4 Å². The lowest BCUT2D eigenvalue weighted by molar-refractivity contribution is -0.146. The number of anilines is 1. The molecule has 1 fully saturated rings. The SMILES string of the molecule is CCCCOC(=O)CN1C(=O)SC(=Cc2ccc(OCC(=O)Nc3ccc(Cl)cc3)cc2)C1=O. The highest BCUT2D eigenvalue weighted by Crippen LogP contribution is 2.32. The molecule has 1 heterocycles. The Morgan fingerprint density at radius 3 is 2.47 bits per heavy atom. The van der Waals surface area contributed by atoms with Crippen LogP contribution in [0.3, 0.4) is 0 Å². The fourth-order valence-electron chi connectivity index (χ4n) is 2.83. The summed E-state index contributed by atoms with van der Waals surface area (Å²) in [5.41, 5.74) is 1.27. The Kier molecular flexibility index (Phi) is 9.12. The van der Waals surface area contributed by atoms with E-state index in [9.17, 15) is 19.2 Å². The van der Waals surface area contributed by atoms with Crippen molar-refractivity contribution in [2.75, 3.05) is 25.1 Å². The number of benzene rings is 2. The summed E-state index contributed by atoms with van der Waals surface area (Å²) in [6.07, 6.45) is 3.16. The molecular formula is C24H23ClN2O6S. The molecule has 0 unspecified atom stereocenters. The van der Waals surface area contributed by atoms with Gasteiger partial charge in [-0.15, -0.1) is 0 Å². The van der Waals surface area contributed by atoms with Crippen molar-refractivity contribution in [3.8, 4) is 5.75 Å². The van der Waals surface area contributed by atoms with E-state index in [0.29, 0.717) is 22.0 Å². The molecule has 10 heteroatoms. The number of thioether (sulfide) groups is 1. The van der Waals surface area contributed by atoms with Gasteiger partial charge in [0.1, 0.15) is 12.3 Å². The number of nitrogens with one attached hydrogen (secondary N) is 1. The number of esters is 1. The molecule has 1 N–H and O–H groups in total. The first-order valence-electron chi connectivity index (χ1n) is 10.5. The first-order chi connectivity index (χ1) is 16.4. The number of hydrogen-bond acceptors (Lipinski definition) is 7. The maximum absolute atomic E-state index is 12.5. The molecule has 1 saturated heterocycles. The van der Waals surface area contributed by atoms with E-state index in [1.54, 1.807) is 54.6 Å². The van der Waals surface area contributed by atoms with Gasteiger partial charge in [-0.3, -0.25) is 24.1 Å². The smallest absolute Gasteiger partial charge is 0.326 e. The van der Waals surface area contributed by atoms with Crippen LogP contribution in [0.25, 0.3) is 6.08 Å². The van der Waals surface area contributed by atoms with Gasteiger partial charge in [0.15, 0.2) is 6.61 Å². The van der Waals surface area contributed by atoms with E-state index in [1.165, 1.54) is 0 Å². The number of halogens is 1. The van der Waals surface area contributed by atoms with Crippen molar-refractivity contribution in [3.63, 3.8) is 0 Å². The number of nitrogens with zero attached hydrogens (tertiary/aromatic N) is 1. The number of carbonyl (C=O) groups is 4. The molecule has 0 radical (unpaired) electrons. The third-order valence-corrected chi connectivity index (χ3v) is 5.76. The molecule has 0 bridgehead atoms. The Morgan fingerprint density at radius 1 is 1.09 bits per heavy atom. The molecule has 8 nitrogen and oxygen atoms in total. The van der Waals surface area contributed by atoms with Gasteiger partial charge in [0, 0.05) is 10.7 Å². The Labute approximate surface area is 206 Å². The Bertz CT molecular complexity index is 1090. The zero-order valence-electron chi connectivity index (χ0n) is 18.4. The summed E-state index contributed by atoms with van der Waals surface area (Å²) in [6.45, 7) is 1.64. The minimum atomic E-state index is -0.612. The van der Waals surface area contributed by atoms with Crippen molar-refractivity contribution in [2.24, 2.45) is 0 Å². The maximum Gasteiger partial charge on any atom is 0.326 e. The third-order valence-electron chi connectivity index (χ3n) is 4.60. The molecule has 3 rings (SSSR count). The van der Waals surface area contributed by atoms with Crippen molar-refractivity contribution in [1.29, 1.82) is 0 Å². The minimum absolute atomic E-state index is 0.185. The van der Waals surface area contributed by atoms with Gasteiger partial charge in [-0.1, -0.05) is 37.1 Å². The van der Waals surface area contributed by atoms with Gasteiger partial charge in [0.25, 0.3) is 17.1 Å². The number of ether oxygens (including phenoxy) is 2. The summed E-state index contributed by atoms with van der Waals surface area (Å²) >= 11 is 6.59. The van der Waals surface area contributed by atoms with Gasteiger partial charge < -0.3 is 14.8 Å². The highest BCUT2D eigenvalue weighted by molar-refractivity contribution is 8.18. The molecule has 34 heavy (non-hydrogen) atoms. The van der Waals surface area contributed by atoms with Gasteiger partial charge in [-0.05, 0) is 66.2 Å². The van der Waals surface area contributed by atoms with Crippen LogP contribution in [0.5, 0.6) is 5.75 Å². The molecule has 0 spiro atoms. The number of rotatable bonds is 10. The van der Waals surface area contributed by atoms with Gasteiger partial charge in [0.2, 0.25) is 0 Å². The average molecular weight is 503 g/mol. The van der Waals surface area contributed by atoms with Crippen LogP contribution in [0.2, 0.25) is 5.02 Å². The van der Waals surface area contributed by atoms with Crippen LogP contribution in [0, 0.1) is 0 Å². The second-order valence-electron chi connectivity index (χ2n) is 7.25. The van der Waals surface area contributed by atoms with E-state index in [2.05, 4.69) is 5.32 Å². The van der Waals surface area contributed by atoms with Crippen molar-refractivity contribution < 1.29 is 28.7 Å². The molecule has 2 aromatic rings. The predicted molar refractivity (Wildman–Crippen MR) is 131 cm³/mol. The molecule has 0 saturated carbocycles. The maximum atomic E-state index is 12.5. The molecule has 2 aromatic carbocycles. The Hall–Kier alpha value is -3.30. The molecule has 0 atom stereocenters. The predicted octanol–water partition coefficient (Wildman–Crippen LogP) is 4.74. The monoisotopic (exact) mass is 502 g/mol. The number of hydrogen-bond donors (Lipinski definition) is 1. The van der Waals surface area contributed by atoms with Crippen LogP contribution >= 0.6 is 23.4 Å². The van der Waals surface area contributed by atoms with E-state index >= 15 is 0 Å². The van der Waals surface area contributed by atoms with Crippen molar-refractivity contribution in [3.05, 3.63) is 64.0 Å². The summed E-state index contributed by atoms with van der Waals surface area (Å²) in [6, 6.07) is 13.4. The first-order valence-corrected chi connectivity index (χ1v) is 11.7. The van der Waals surface area contributed by atoms with Gasteiger partial charge in [-0.25, -0.2) is 0 Å². The van der Waals surface area contributed by atoms with E-state index in [0.717, 1.165) is 29.5 Å².